The van der Waals surface area contributed by atoms with E-state index in [2.05, 4.69) is 81.4 Å². The molecular weight excluding hydrogens is 304 g/mol. The van der Waals surface area contributed by atoms with Crippen LogP contribution in [-0.2, 0) is 5.41 Å². The van der Waals surface area contributed by atoms with Crippen LogP contribution in [0.15, 0.2) is 59.7 Å². The second-order valence-corrected chi connectivity index (χ2v) is 8.02. The minimum Gasteiger partial charge on any atom is -0.308 e. The van der Waals surface area contributed by atoms with E-state index in [0.717, 1.165) is 24.9 Å². The Kier molecular flexibility index (Phi) is 4.91. The smallest absolute Gasteiger partial charge is 0.0253 e. The Morgan fingerprint density at radius 1 is 1.12 bits per heavy atom. The highest BCUT2D eigenvalue weighted by atomic mass is 15.0. The Labute approximate surface area is 151 Å². The monoisotopic (exact) mass is 332 g/mol. The lowest BCUT2D eigenvalue weighted by molar-refractivity contribution is 0.449. The number of nitrogens with zero attached hydrogens (tertiary/aromatic N) is 1. The van der Waals surface area contributed by atoms with Crippen molar-refractivity contribution < 1.29 is 0 Å². The van der Waals surface area contributed by atoms with Gasteiger partial charge >= 0.3 is 0 Å². The van der Waals surface area contributed by atoms with Crippen LogP contribution in [0.1, 0.15) is 37.8 Å². The zero-order chi connectivity index (χ0) is 18.0. The normalized spacial score (nSPS) is 14.8. The van der Waals surface area contributed by atoms with Crippen LogP contribution in [0.25, 0.3) is 10.8 Å². The van der Waals surface area contributed by atoms with Gasteiger partial charge in [0, 0.05) is 12.8 Å². The first kappa shape index (κ1) is 17.6. The van der Waals surface area contributed by atoms with Gasteiger partial charge in [0.05, 0.1) is 0 Å². The molecule has 2 nitrogen and oxygen atoms in total. The molecule has 0 amide bonds. The van der Waals surface area contributed by atoms with Gasteiger partial charge in [-0.15, -0.1) is 0 Å². The highest BCUT2D eigenvalue weighted by Gasteiger charge is 2.26. The topological polar surface area (TPSA) is 27.1 Å². The van der Waals surface area contributed by atoms with E-state index < -0.39 is 0 Å². The summed E-state index contributed by atoms with van der Waals surface area (Å²) in [4.78, 5) is 2.22. The molecule has 1 aliphatic rings. The van der Waals surface area contributed by atoms with Crippen LogP contribution >= 0.6 is 0 Å². The predicted molar refractivity (Wildman–Crippen MR) is 109 cm³/mol. The Hall–Kier alpha value is -2.19. The van der Waals surface area contributed by atoms with Crippen LogP contribution in [-0.4, -0.2) is 31.8 Å². The number of hydrogen-bond acceptors (Lipinski definition) is 2. The van der Waals surface area contributed by atoms with Gasteiger partial charge in [-0.3, -0.25) is 0 Å². The highest BCUT2D eigenvalue weighted by molar-refractivity contribution is 5.92. The molecule has 2 aromatic carbocycles. The molecule has 2 aromatic rings. The van der Waals surface area contributed by atoms with E-state index in [4.69, 9.17) is 5.41 Å². The Bertz CT molecular complexity index is 854. The van der Waals surface area contributed by atoms with Crippen LogP contribution in [0.5, 0.6) is 0 Å². The van der Waals surface area contributed by atoms with E-state index >= 15 is 0 Å². The molecule has 25 heavy (non-hydrogen) atoms. The third-order valence-corrected chi connectivity index (χ3v) is 4.99. The summed E-state index contributed by atoms with van der Waals surface area (Å²) in [6, 6.07) is 12.9. The molecule has 0 radical (unpaired) electrons. The number of allylic oxidation sites excluding steroid dienone is 2. The molecule has 0 bridgehead atoms. The highest BCUT2D eigenvalue weighted by Crippen LogP contribution is 2.37. The number of nitrogens with one attached hydrogen (secondary N) is 1. The largest absolute Gasteiger partial charge is 0.308 e. The van der Waals surface area contributed by atoms with Gasteiger partial charge in [-0.05, 0) is 72.0 Å². The first-order valence-electron chi connectivity index (χ1n) is 8.96. The summed E-state index contributed by atoms with van der Waals surface area (Å²) in [7, 11) is 4.23. The van der Waals surface area contributed by atoms with Gasteiger partial charge < -0.3 is 10.3 Å². The fraction of sp³-hybridized carbons (Fsp3) is 0.348. The first-order chi connectivity index (χ1) is 11.9. The second kappa shape index (κ2) is 6.97. The minimum atomic E-state index is 0.00412. The molecule has 0 heterocycles. The maximum absolute atomic E-state index is 7.88. The molecule has 0 atom stereocenters. The number of likely N-dealkylation sites (N-methyl/N-ethyl adjacent to an activating group) is 1. The number of fused-ring (bicyclic) bond motifs is 1. The van der Waals surface area contributed by atoms with Crippen molar-refractivity contribution in [2.24, 2.45) is 0 Å². The average Bonchev–Trinajstić information content (AvgIpc) is 2.98. The summed E-state index contributed by atoms with van der Waals surface area (Å²) in [6.45, 7) is 5.61. The molecule has 0 aliphatic heterocycles. The molecular formula is C23H28N2. The number of hydrogen-bond donors (Lipinski definition) is 1. The maximum atomic E-state index is 7.88. The van der Waals surface area contributed by atoms with E-state index in [0.29, 0.717) is 0 Å². The molecule has 1 aliphatic carbocycles. The molecule has 0 fully saturated rings. The van der Waals surface area contributed by atoms with E-state index in [1.807, 2.05) is 0 Å². The van der Waals surface area contributed by atoms with Gasteiger partial charge in [-0.2, -0.15) is 0 Å². The van der Waals surface area contributed by atoms with Gasteiger partial charge in [0.1, 0.15) is 0 Å². The molecule has 2 heteroatoms. The van der Waals surface area contributed by atoms with Crippen molar-refractivity contribution >= 4 is 17.0 Å². The third kappa shape index (κ3) is 3.91. The van der Waals surface area contributed by atoms with Crippen molar-refractivity contribution in [3.8, 4) is 0 Å². The van der Waals surface area contributed by atoms with E-state index in [9.17, 15) is 0 Å². The Morgan fingerprint density at radius 3 is 2.44 bits per heavy atom. The fourth-order valence-electron chi connectivity index (χ4n) is 3.87. The summed E-state index contributed by atoms with van der Waals surface area (Å²) in [5.74, 6) is 0. The molecule has 0 aromatic heterocycles. The predicted octanol–water partition coefficient (Wildman–Crippen LogP) is 5.32. The lowest BCUT2D eigenvalue weighted by Gasteiger charge is -2.28. The van der Waals surface area contributed by atoms with Gasteiger partial charge in [0.25, 0.3) is 0 Å². The van der Waals surface area contributed by atoms with Gasteiger partial charge in [0.15, 0.2) is 0 Å². The third-order valence-electron chi connectivity index (χ3n) is 4.99. The quantitative estimate of drug-likeness (QED) is 0.712. The molecule has 1 N–H and O–H groups in total. The summed E-state index contributed by atoms with van der Waals surface area (Å²) in [6.07, 6.45) is 8.30. The molecule has 3 rings (SSSR count). The van der Waals surface area contributed by atoms with Gasteiger partial charge in [-0.25, -0.2) is 0 Å². The summed E-state index contributed by atoms with van der Waals surface area (Å²) >= 11 is 0. The average molecular weight is 332 g/mol. The van der Waals surface area contributed by atoms with Crippen molar-refractivity contribution in [1.29, 1.82) is 5.41 Å². The standard InChI is InChI=1S/C23H28N2/c1-23(2,14-17-9-10-18(11-17)16-25(3)4)22-13-20-8-6-5-7-19(20)12-21(22)15-24/h5-8,10-13,15,24H,9,14,16H2,1-4H3. The molecule has 0 saturated carbocycles. The zero-order valence-corrected chi connectivity index (χ0v) is 15.8. The number of rotatable bonds is 6. The van der Waals surface area contributed by atoms with E-state index in [1.165, 1.54) is 33.7 Å². The Morgan fingerprint density at radius 2 is 1.80 bits per heavy atom. The Balaban J connectivity index is 1.90. The van der Waals surface area contributed by atoms with Crippen LogP contribution in [0.2, 0.25) is 0 Å². The lowest BCUT2D eigenvalue weighted by atomic mass is 9.76. The van der Waals surface area contributed by atoms with Crippen molar-refractivity contribution in [1.82, 2.24) is 4.90 Å². The molecule has 0 unspecified atom stereocenters. The van der Waals surface area contributed by atoms with E-state index in [-0.39, 0.29) is 5.41 Å². The fourth-order valence-corrected chi connectivity index (χ4v) is 3.87. The van der Waals surface area contributed by atoms with Crippen molar-refractivity contribution in [3.63, 3.8) is 0 Å². The van der Waals surface area contributed by atoms with Crippen LogP contribution in [0.3, 0.4) is 0 Å². The van der Waals surface area contributed by atoms with Crippen LogP contribution in [0.4, 0.5) is 0 Å². The molecule has 0 saturated heterocycles. The van der Waals surface area contributed by atoms with Crippen molar-refractivity contribution in [3.05, 3.63) is 70.8 Å². The van der Waals surface area contributed by atoms with Crippen molar-refractivity contribution in [2.45, 2.75) is 32.1 Å². The second-order valence-electron chi connectivity index (χ2n) is 8.02. The minimum absolute atomic E-state index is 0.00412. The van der Waals surface area contributed by atoms with Gasteiger partial charge in [0.2, 0.25) is 0 Å². The summed E-state index contributed by atoms with van der Waals surface area (Å²) < 4.78 is 0. The molecule has 130 valence electrons. The van der Waals surface area contributed by atoms with Gasteiger partial charge in [-0.1, -0.05) is 55.8 Å². The van der Waals surface area contributed by atoms with E-state index in [1.54, 1.807) is 0 Å². The SMILES string of the molecule is CN(C)CC1=CCC(CC(C)(C)c2cc3ccccc3cc2C=N)=C1. The van der Waals surface area contributed by atoms with Crippen LogP contribution in [0, 0.1) is 5.41 Å². The zero-order valence-electron chi connectivity index (χ0n) is 15.8. The lowest BCUT2D eigenvalue weighted by Crippen LogP contribution is -2.20. The maximum Gasteiger partial charge on any atom is 0.0253 e. The van der Waals surface area contributed by atoms with Crippen LogP contribution < -0.4 is 0 Å². The van der Waals surface area contributed by atoms with Crippen molar-refractivity contribution in [2.75, 3.05) is 20.6 Å². The molecule has 0 spiro atoms. The first-order valence-corrected chi connectivity index (χ1v) is 8.96. The summed E-state index contributed by atoms with van der Waals surface area (Å²) in [5.41, 5.74) is 5.21. The number of benzene rings is 2. The summed E-state index contributed by atoms with van der Waals surface area (Å²) in [5, 5.41) is 10.3.